The number of nitrogens with zero attached hydrogens (tertiary/aromatic N) is 3. The fourth-order valence-electron chi connectivity index (χ4n) is 2.12. The standard InChI is InChI=1S/C15H22N4O/c1-4-16-9-13-8-6-7-12(3)15(13)20-10-14-17-11-18-19(14)5-2/h6-8,11,16H,4-5,9-10H2,1-3H3. The van der Waals surface area contributed by atoms with Crippen molar-refractivity contribution in [3.8, 4) is 5.75 Å². The number of aryl methyl sites for hydroxylation is 2. The maximum Gasteiger partial charge on any atom is 0.164 e. The molecule has 5 nitrogen and oxygen atoms in total. The first-order valence-electron chi connectivity index (χ1n) is 7.05. The number of benzene rings is 1. The molecule has 0 aliphatic heterocycles. The molecule has 2 rings (SSSR count). The number of hydrogen-bond acceptors (Lipinski definition) is 4. The minimum Gasteiger partial charge on any atom is -0.485 e. The number of aromatic nitrogens is 3. The summed E-state index contributed by atoms with van der Waals surface area (Å²) in [5.74, 6) is 1.80. The highest BCUT2D eigenvalue weighted by molar-refractivity contribution is 5.40. The molecule has 0 amide bonds. The second-order valence-corrected chi connectivity index (χ2v) is 4.62. The Kier molecular flexibility index (Phi) is 5.12. The van der Waals surface area contributed by atoms with Crippen molar-refractivity contribution in [2.45, 2.75) is 40.5 Å². The van der Waals surface area contributed by atoms with E-state index in [0.717, 1.165) is 36.8 Å². The SMILES string of the molecule is CCNCc1cccc(C)c1OCc1ncnn1CC. The summed E-state index contributed by atoms with van der Waals surface area (Å²) in [6.45, 7) is 9.21. The fourth-order valence-corrected chi connectivity index (χ4v) is 2.12. The predicted molar refractivity (Wildman–Crippen MR) is 78.6 cm³/mol. The fraction of sp³-hybridized carbons (Fsp3) is 0.467. The molecule has 0 fully saturated rings. The summed E-state index contributed by atoms with van der Waals surface area (Å²) >= 11 is 0. The highest BCUT2D eigenvalue weighted by Gasteiger charge is 2.09. The molecule has 0 bridgehead atoms. The van der Waals surface area contributed by atoms with Crippen LogP contribution in [0.15, 0.2) is 24.5 Å². The quantitative estimate of drug-likeness (QED) is 0.841. The number of nitrogens with one attached hydrogen (secondary N) is 1. The van der Waals surface area contributed by atoms with Gasteiger partial charge in [0.1, 0.15) is 18.7 Å². The summed E-state index contributed by atoms with van der Waals surface area (Å²) in [4.78, 5) is 4.23. The second-order valence-electron chi connectivity index (χ2n) is 4.62. The van der Waals surface area contributed by atoms with Crippen LogP contribution < -0.4 is 10.1 Å². The minimum absolute atomic E-state index is 0.442. The van der Waals surface area contributed by atoms with E-state index in [2.05, 4.69) is 47.4 Å². The lowest BCUT2D eigenvalue weighted by molar-refractivity contribution is 0.282. The molecule has 1 N–H and O–H groups in total. The Labute approximate surface area is 120 Å². The molecule has 1 heterocycles. The van der Waals surface area contributed by atoms with Crippen LogP contribution in [0, 0.1) is 6.92 Å². The van der Waals surface area contributed by atoms with E-state index in [1.54, 1.807) is 6.33 Å². The third-order valence-electron chi connectivity index (χ3n) is 3.20. The third-order valence-corrected chi connectivity index (χ3v) is 3.20. The van der Waals surface area contributed by atoms with E-state index in [0.29, 0.717) is 6.61 Å². The largest absolute Gasteiger partial charge is 0.485 e. The first-order valence-corrected chi connectivity index (χ1v) is 7.05. The van der Waals surface area contributed by atoms with Gasteiger partial charge in [-0.05, 0) is 26.0 Å². The summed E-state index contributed by atoms with van der Waals surface area (Å²) in [6.07, 6.45) is 1.57. The van der Waals surface area contributed by atoms with Crippen LogP contribution in [0.1, 0.15) is 30.8 Å². The van der Waals surface area contributed by atoms with Crippen LogP contribution in [0.25, 0.3) is 0 Å². The molecule has 1 aromatic carbocycles. The smallest absolute Gasteiger partial charge is 0.164 e. The molecule has 0 spiro atoms. The van der Waals surface area contributed by atoms with Crippen LogP contribution in [0.4, 0.5) is 0 Å². The maximum atomic E-state index is 5.99. The molecule has 0 atom stereocenters. The molecule has 0 saturated carbocycles. The molecule has 2 aromatic rings. The van der Waals surface area contributed by atoms with Crippen molar-refractivity contribution in [3.05, 3.63) is 41.5 Å². The van der Waals surface area contributed by atoms with E-state index in [4.69, 9.17) is 4.74 Å². The van der Waals surface area contributed by atoms with Gasteiger partial charge >= 0.3 is 0 Å². The van der Waals surface area contributed by atoms with Crippen molar-refractivity contribution in [2.24, 2.45) is 0 Å². The summed E-state index contributed by atoms with van der Waals surface area (Å²) in [5.41, 5.74) is 2.32. The molecule has 0 aliphatic carbocycles. The van der Waals surface area contributed by atoms with Crippen LogP contribution in [0.5, 0.6) is 5.75 Å². The van der Waals surface area contributed by atoms with E-state index in [1.807, 2.05) is 11.6 Å². The number of rotatable bonds is 7. The van der Waals surface area contributed by atoms with Gasteiger partial charge in [0.15, 0.2) is 5.82 Å². The van der Waals surface area contributed by atoms with E-state index in [1.165, 1.54) is 5.56 Å². The third kappa shape index (κ3) is 3.36. The Bertz CT molecular complexity index is 551. The maximum absolute atomic E-state index is 5.99. The van der Waals surface area contributed by atoms with Gasteiger partial charge < -0.3 is 10.1 Å². The van der Waals surface area contributed by atoms with Crippen molar-refractivity contribution >= 4 is 0 Å². The topological polar surface area (TPSA) is 52.0 Å². The first-order chi connectivity index (χ1) is 9.76. The molecular formula is C15H22N4O. The van der Waals surface area contributed by atoms with Crippen molar-refractivity contribution in [1.82, 2.24) is 20.1 Å². The van der Waals surface area contributed by atoms with Gasteiger partial charge in [-0.2, -0.15) is 5.10 Å². The van der Waals surface area contributed by atoms with Gasteiger partial charge in [0.25, 0.3) is 0 Å². The molecular weight excluding hydrogens is 252 g/mol. The van der Waals surface area contributed by atoms with Crippen molar-refractivity contribution in [3.63, 3.8) is 0 Å². The van der Waals surface area contributed by atoms with Crippen molar-refractivity contribution in [2.75, 3.05) is 6.54 Å². The second kappa shape index (κ2) is 7.05. The van der Waals surface area contributed by atoms with Crippen molar-refractivity contribution < 1.29 is 4.74 Å². The zero-order valence-corrected chi connectivity index (χ0v) is 12.4. The number of para-hydroxylation sites is 1. The first kappa shape index (κ1) is 14.5. The molecule has 0 saturated heterocycles. The van der Waals surface area contributed by atoms with Crippen LogP contribution in [-0.2, 0) is 19.7 Å². The Balaban J connectivity index is 2.12. The van der Waals surface area contributed by atoms with E-state index >= 15 is 0 Å². The predicted octanol–water partition coefficient (Wildman–Crippen LogP) is 2.29. The van der Waals surface area contributed by atoms with Crippen LogP contribution in [-0.4, -0.2) is 21.3 Å². The lowest BCUT2D eigenvalue weighted by Crippen LogP contribution is -2.14. The Morgan fingerprint density at radius 2 is 2.15 bits per heavy atom. The number of ether oxygens (including phenoxy) is 1. The van der Waals surface area contributed by atoms with E-state index in [-0.39, 0.29) is 0 Å². The lowest BCUT2D eigenvalue weighted by atomic mass is 10.1. The summed E-state index contributed by atoms with van der Waals surface area (Å²) < 4.78 is 7.84. The highest BCUT2D eigenvalue weighted by Crippen LogP contribution is 2.24. The zero-order valence-electron chi connectivity index (χ0n) is 12.4. The Hall–Kier alpha value is -1.88. The molecule has 1 aromatic heterocycles. The van der Waals surface area contributed by atoms with Gasteiger partial charge in [0.2, 0.25) is 0 Å². The van der Waals surface area contributed by atoms with Gasteiger partial charge in [-0.15, -0.1) is 0 Å². The molecule has 0 radical (unpaired) electrons. The van der Waals surface area contributed by atoms with Gasteiger partial charge in [-0.1, -0.05) is 25.1 Å². The van der Waals surface area contributed by atoms with E-state index in [9.17, 15) is 0 Å². The van der Waals surface area contributed by atoms with Crippen LogP contribution >= 0.6 is 0 Å². The van der Waals surface area contributed by atoms with E-state index < -0.39 is 0 Å². The van der Waals surface area contributed by atoms with Crippen LogP contribution in [0.2, 0.25) is 0 Å². The summed E-state index contributed by atoms with van der Waals surface area (Å²) in [5, 5.41) is 7.49. The molecule has 20 heavy (non-hydrogen) atoms. The monoisotopic (exact) mass is 274 g/mol. The van der Waals surface area contributed by atoms with Gasteiger partial charge in [0, 0.05) is 18.7 Å². The van der Waals surface area contributed by atoms with Crippen LogP contribution in [0.3, 0.4) is 0 Å². The molecule has 5 heteroatoms. The normalized spacial score (nSPS) is 10.8. The lowest BCUT2D eigenvalue weighted by Gasteiger charge is -2.14. The average molecular weight is 274 g/mol. The summed E-state index contributed by atoms with van der Waals surface area (Å²) in [7, 11) is 0. The average Bonchev–Trinajstić information content (AvgIpc) is 2.91. The number of hydrogen-bond donors (Lipinski definition) is 1. The minimum atomic E-state index is 0.442. The van der Waals surface area contributed by atoms with Gasteiger partial charge in [-0.3, -0.25) is 0 Å². The zero-order chi connectivity index (χ0) is 14.4. The molecule has 0 aliphatic rings. The van der Waals surface area contributed by atoms with Gasteiger partial charge in [-0.25, -0.2) is 9.67 Å². The Morgan fingerprint density at radius 1 is 1.30 bits per heavy atom. The summed E-state index contributed by atoms with van der Waals surface area (Å²) in [6, 6.07) is 6.22. The molecule has 0 unspecified atom stereocenters. The highest BCUT2D eigenvalue weighted by atomic mass is 16.5. The van der Waals surface area contributed by atoms with Crippen molar-refractivity contribution in [1.29, 1.82) is 0 Å². The Morgan fingerprint density at radius 3 is 2.90 bits per heavy atom. The molecule has 108 valence electrons. The van der Waals surface area contributed by atoms with Gasteiger partial charge in [0.05, 0.1) is 0 Å².